The van der Waals surface area contributed by atoms with Gasteiger partial charge >= 0.3 is 0 Å². The molecule has 0 amide bonds. The van der Waals surface area contributed by atoms with Crippen molar-refractivity contribution in [1.82, 2.24) is 0 Å². The van der Waals surface area contributed by atoms with Crippen LogP contribution in [0.3, 0.4) is 0 Å². The van der Waals surface area contributed by atoms with Crippen LogP contribution in [0.4, 0.5) is 0 Å². The first-order valence-corrected chi connectivity index (χ1v) is 4.28. The summed E-state index contributed by atoms with van der Waals surface area (Å²) in [6.07, 6.45) is 0. The molecular formula is C9H8O2S. The Morgan fingerprint density at radius 2 is 2.08 bits per heavy atom. The third kappa shape index (κ3) is 1.89. The number of ketones is 1. The van der Waals surface area contributed by atoms with Gasteiger partial charge in [0.15, 0.2) is 5.78 Å². The van der Waals surface area contributed by atoms with E-state index in [9.17, 15) is 9.00 Å². The van der Waals surface area contributed by atoms with Crippen molar-refractivity contribution in [1.29, 1.82) is 0 Å². The molecule has 0 fully saturated rings. The summed E-state index contributed by atoms with van der Waals surface area (Å²) in [5, 5.41) is 1.07. The Morgan fingerprint density at radius 1 is 1.42 bits per heavy atom. The van der Waals surface area contributed by atoms with Crippen molar-refractivity contribution in [3.05, 3.63) is 35.4 Å². The lowest BCUT2D eigenvalue weighted by Crippen LogP contribution is -2.01. The van der Waals surface area contributed by atoms with Crippen LogP contribution in [-0.2, 0) is 11.3 Å². The number of benzene rings is 1. The van der Waals surface area contributed by atoms with Crippen LogP contribution in [0.15, 0.2) is 24.3 Å². The molecule has 0 N–H and O–H groups in total. The van der Waals surface area contributed by atoms with Gasteiger partial charge in [-0.05, 0) is 12.5 Å². The minimum absolute atomic E-state index is 0.189. The Balaban J connectivity index is 3.11. The molecule has 0 saturated heterocycles. The first-order chi connectivity index (χ1) is 5.75. The highest BCUT2D eigenvalue weighted by Crippen LogP contribution is 2.06. The normalized spacial score (nSPS) is 9.08. The van der Waals surface area contributed by atoms with Gasteiger partial charge in [-0.2, -0.15) is 0 Å². The van der Waals surface area contributed by atoms with Crippen LogP contribution in [0.1, 0.15) is 15.9 Å². The summed E-state index contributed by atoms with van der Waals surface area (Å²) in [5.41, 5.74) is 1.49. The van der Waals surface area contributed by atoms with Crippen molar-refractivity contribution in [2.45, 2.75) is 6.92 Å². The van der Waals surface area contributed by atoms with E-state index in [0.717, 1.165) is 10.9 Å². The summed E-state index contributed by atoms with van der Waals surface area (Å²) in [5.74, 6) is -0.215. The van der Waals surface area contributed by atoms with Crippen LogP contribution in [-0.4, -0.2) is 15.4 Å². The molecule has 0 heterocycles. The molecule has 0 spiro atoms. The van der Waals surface area contributed by atoms with E-state index in [0.29, 0.717) is 5.56 Å². The van der Waals surface area contributed by atoms with Crippen molar-refractivity contribution >= 4 is 22.4 Å². The molecule has 1 aromatic carbocycles. The highest BCUT2D eigenvalue weighted by atomic mass is 32.1. The first-order valence-electron chi connectivity index (χ1n) is 3.47. The Kier molecular flexibility index (Phi) is 2.94. The van der Waals surface area contributed by atoms with Gasteiger partial charge in [-0.15, -0.1) is 0 Å². The Labute approximate surface area is 74.3 Å². The predicted octanol–water partition coefficient (Wildman–Crippen LogP) is 1.19. The predicted molar refractivity (Wildman–Crippen MR) is 49.7 cm³/mol. The average Bonchev–Trinajstić information content (AvgIpc) is 2.05. The molecule has 0 unspecified atom stereocenters. The van der Waals surface area contributed by atoms with Gasteiger partial charge in [0, 0.05) is 5.56 Å². The van der Waals surface area contributed by atoms with E-state index in [-0.39, 0.29) is 17.0 Å². The lowest BCUT2D eigenvalue weighted by Gasteiger charge is -1.97. The van der Waals surface area contributed by atoms with Gasteiger partial charge in [0.05, 0.1) is 16.6 Å². The molecule has 0 radical (unpaired) electrons. The third-order valence-electron chi connectivity index (χ3n) is 1.57. The molecule has 62 valence electrons. The number of carbonyl (C=O) groups is 1. The third-order valence-corrected chi connectivity index (χ3v) is 1.88. The Hall–Kier alpha value is -1.22. The number of aryl methyl sites for hydroxylation is 1. The van der Waals surface area contributed by atoms with E-state index >= 15 is 0 Å². The van der Waals surface area contributed by atoms with Gasteiger partial charge in [0.2, 0.25) is 0 Å². The largest absolute Gasteiger partial charge is 0.288 e. The highest BCUT2D eigenvalue weighted by Gasteiger charge is 2.03. The first kappa shape index (κ1) is 8.87. The molecule has 0 atom stereocenters. The minimum Gasteiger partial charge on any atom is -0.288 e. The maximum Gasteiger partial charge on any atom is 0.199 e. The zero-order chi connectivity index (χ0) is 8.97. The molecule has 1 rings (SSSR count). The smallest absolute Gasteiger partial charge is 0.199 e. The molecule has 12 heavy (non-hydrogen) atoms. The molecule has 0 aromatic heterocycles. The van der Waals surface area contributed by atoms with Crippen LogP contribution in [0.5, 0.6) is 0 Å². The van der Waals surface area contributed by atoms with Gasteiger partial charge in [-0.1, -0.05) is 24.3 Å². The summed E-state index contributed by atoms with van der Waals surface area (Å²) in [6, 6.07) is 7.20. The topological polar surface area (TPSA) is 34.1 Å². The molecule has 0 aliphatic rings. The number of carbonyl (C=O) groups excluding carboxylic acids is 1. The maximum atomic E-state index is 11.2. The van der Waals surface area contributed by atoms with Gasteiger partial charge < -0.3 is 0 Å². The molecule has 0 aliphatic heterocycles. The summed E-state index contributed by atoms with van der Waals surface area (Å²) in [6.45, 7) is 1.84. The van der Waals surface area contributed by atoms with Crippen LogP contribution < -0.4 is 0 Å². The molecule has 0 aliphatic carbocycles. The van der Waals surface area contributed by atoms with E-state index in [2.05, 4.69) is 0 Å². The summed E-state index contributed by atoms with van der Waals surface area (Å²) in [7, 11) is 0. The second-order valence-corrected chi connectivity index (χ2v) is 2.82. The monoisotopic (exact) mass is 180 g/mol. The zero-order valence-electron chi connectivity index (χ0n) is 6.61. The lowest BCUT2D eigenvalue weighted by molar-refractivity contribution is 0.107. The van der Waals surface area contributed by atoms with Crippen molar-refractivity contribution in [2.75, 3.05) is 0 Å². The van der Waals surface area contributed by atoms with Crippen LogP contribution in [0.25, 0.3) is 0 Å². The number of hydrogen-bond donors (Lipinski definition) is 0. The fourth-order valence-corrected chi connectivity index (χ4v) is 1.17. The quantitative estimate of drug-likeness (QED) is 0.506. The Bertz CT molecular complexity index is 351. The molecular weight excluding hydrogens is 172 g/mol. The minimum atomic E-state index is -0.215. The molecule has 1 aromatic rings. The standard InChI is InChI=1S/C9H8O2S/c1-7-4-2-3-5-8(7)9(10)6-12-11/h2-6H,1H3. The van der Waals surface area contributed by atoms with E-state index in [1.165, 1.54) is 0 Å². The van der Waals surface area contributed by atoms with Crippen molar-refractivity contribution < 1.29 is 9.00 Å². The van der Waals surface area contributed by atoms with Crippen LogP contribution >= 0.6 is 0 Å². The van der Waals surface area contributed by atoms with Crippen LogP contribution in [0, 0.1) is 6.92 Å². The maximum absolute atomic E-state index is 11.2. The zero-order valence-corrected chi connectivity index (χ0v) is 7.43. The van der Waals surface area contributed by atoms with E-state index in [4.69, 9.17) is 0 Å². The van der Waals surface area contributed by atoms with Gasteiger partial charge in [0.25, 0.3) is 0 Å². The van der Waals surface area contributed by atoms with Gasteiger partial charge in [-0.25, -0.2) is 4.21 Å². The number of rotatable bonds is 2. The fourth-order valence-electron chi connectivity index (χ4n) is 0.957. The average molecular weight is 180 g/mol. The highest BCUT2D eigenvalue weighted by molar-refractivity contribution is 7.66. The molecule has 0 bridgehead atoms. The summed E-state index contributed by atoms with van der Waals surface area (Å²) < 4.78 is 10.1. The number of Topliss-reactive ketones (excluding diaryl/α,β-unsaturated/α-hetero) is 1. The van der Waals surface area contributed by atoms with Gasteiger partial charge in [-0.3, -0.25) is 4.79 Å². The SMILES string of the molecule is Cc1ccccc1C(=O)C=S=O. The molecule has 0 saturated carbocycles. The lowest BCUT2D eigenvalue weighted by atomic mass is 10.1. The van der Waals surface area contributed by atoms with Gasteiger partial charge in [0.1, 0.15) is 0 Å². The number of hydrogen-bond acceptors (Lipinski definition) is 2. The summed E-state index contributed by atoms with van der Waals surface area (Å²) >= 11 is 0.189. The Morgan fingerprint density at radius 3 is 2.67 bits per heavy atom. The van der Waals surface area contributed by atoms with Crippen molar-refractivity contribution in [2.24, 2.45) is 0 Å². The van der Waals surface area contributed by atoms with E-state index < -0.39 is 0 Å². The van der Waals surface area contributed by atoms with Crippen molar-refractivity contribution in [3.8, 4) is 0 Å². The second kappa shape index (κ2) is 3.97. The van der Waals surface area contributed by atoms with E-state index in [1.54, 1.807) is 12.1 Å². The molecule has 2 nitrogen and oxygen atoms in total. The molecule has 3 heteroatoms. The fraction of sp³-hybridized carbons (Fsp3) is 0.111. The second-order valence-electron chi connectivity index (χ2n) is 2.39. The van der Waals surface area contributed by atoms with Crippen LogP contribution in [0.2, 0.25) is 0 Å². The van der Waals surface area contributed by atoms with E-state index in [1.807, 2.05) is 19.1 Å². The van der Waals surface area contributed by atoms with Crippen molar-refractivity contribution in [3.63, 3.8) is 0 Å². The summed E-state index contributed by atoms with van der Waals surface area (Å²) in [4.78, 5) is 11.2.